The zero-order valence-electron chi connectivity index (χ0n) is 15.0. The maximum Gasteiger partial charge on any atom is 0.303 e. The molecule has 0 aromatic rings. The van der Waals surface area contributed by atoms with Crippen LogP contribution in [0.2, 0.25) is 0 Å². The van der Waals surface area contributed by atoms with Gasteiger partial charge in [-0.25, -0.2) is 0 Å². The second kappa shape index (κ2) is 5.80. The summed E-state index contributed by atoms with van der Waals surface area (Å²) in [6.45, 7) is 7.44. The van der Waals surface area contributed by atoms with E-state index in [1.54, 1.807) is 7.11 Å². The minimum Gasteiger partial charge on any atom is -0.459 e. The highest BCUT2D eigenvalue weighted by molar-refractivity contribution is 5.66. The van der Waals surface area contributed by atoms with Crippen molar-refractivity contribution in [1.29, 1.82) is 0 Å². The summed E-state index contributed by atoms with van der Waals surface area (Å²) >= 11 is 0. The van der Waals surface area contributed by atoms with Crippen molar-refractivity contribution in [3.8, 4) is 0 Å². The molecule has 3 rings (SSSR count). The lowest BCUT2D eigenvalue weighted by Crippen LogP contribution is -2.68. The van der Waals surface area contributed by atoms with Crippen molar-refractivity contribution in [1.82, 2.24) is 0 Å². The highest BCUT2D eigenvalue weighted by Crippen LogP contribution is 2.67. The van der Waals surface area contributed by atoms with Crippen molar-refractivity contribution in [2.75, 3.05) is 7.11 Å². The van der Waals surface area contributed by atoms with Gasteiger partial charge >= 0.3 is 5.97 Å². The molecule has 6 nitrogen and oxygen atoms in total. The highest BCUT2D eigenvalue weighted by atomic mass is 16.7. The van der Waals surface area contributed by atoms with Gasteiger partial charge in [-0.3, -0.25) is 4.79 Å². The van der Waals surface area contributed by atoms with E-state index in [4.69, 9.17) is 14.2 Å². The molecule has 1 saturated heterocycles. The Hall–Kier alpha value is -0.950. The molecule has 136 valence electrons. The zero-order valence-corrected chi connectivity index (χ0v) is 15.0. The Kier molecular flexibility index (Phi) is 4.31. The molecule has 6 heteroatoms. The number of ether oxygens (including phenoxy) is 3. The van der Waals surface area contributed by atoms with Gasteiger partial charge in [-0.1, -0.05) is 25.5 Å². The molecule has 2 bridgehead atoms. The lowest BCUT2D eigenvalue weighted by molar-refractivity contribution is -0.276. The van der Waals surface area contributed by atoms with E-state index in [-0.39, 0.29) is 17.3 Å². The van der Waals surface area contributed by atoms with Crippen LogP contribution in [0.1, 0.15) is 40.5 Å². The van der Waals surface area contributed by atoms with Crippen LogP contribution in [0.5, 0.6) is 0 Å². The summed E-state index contributed by atoms with van der Waals surface area (Å²) in [4.78, 5) is 11.7. The fourth-order valence-electron chi connectivity index (χ4n) is 5.18. The van der Waals surface area contributed by atoms with Gasteiger partial charge in [-0.2, -0.15) is 0 Å². The molecular formula is C18H28O6. The lowest BCUT2D eigenvalue weighted by Gasteiger charge is -2.61. The Labute approximate surface area is 142 Å². The van der Waals surface area contributed by atoms with Crippen molar-refractivity contribution < 1.29 is 29.2 Å². The van der Waals surface area contributed by atoms with Gasteiger partial charge in [0, 0.05) is 32.3 Å². The molecule has 0 aromatic carbocycles. The molecule has 7 atom stereocenters. The van der Waals surface area contributed by atoms with E-state index in [1.807, 2.05) is 13.0 Å². The molecule has 1 saturated carbocycles. The van der Waals surface area contributed by atoms with Crippen molar-refractivity contribution in [3.63, 3.8) is 0 Å². The summed E-state index contributed by atoms with van der Waals surface area (Å²) in [5.41, 5.74) is -0.0874. The van der Waals surface area contributed by atoms with E-state index in [2.05, 4.69) is 13.8 Å². The molecular weight excluding hydrogens is 312 g/mol. The molecule has 0 unspecified atom stereocenters. The van der Waals surface area contributed by atoms with E-state index in [0.29, 0.717) is 6.42 Å². The number of carbonyl (C=O) groups is 1. The van der Waals surface area contributed by atoms with Gasteiger partial charge in [-0.05, 0) is 18.8 Å². The maximum atomic E-state index is 11.7. The van der Waals surface area contributed by atoms with E-state index in [0.717, 1.165) is 12.0 Å². The topological polar surface area (TPSA) is 85.2 Å². The first-order chi connectivity index (χ1) is 11.1. The van der Waals surface area contributed by atoms with Gasteiger partial charge in [0.1, 0.15) is 17.8 Å². The van der Waals surface area contributed by atoms with Crippen LogP contribution in [0.3, 0.4) is 0 Å². The molecule has 2 fully saturated rings. The number of methoxy groups -OCH3 is 1. The Bertz CT molecular complexity index is 556. The highest BCUT2D eigenvalue weighted by Gasteiger charge is 2.74. The normalized spacial score (nSPS) is 48.9. The van der Waals surface area contributed by atoms with Crippen LogP contribution in [-0.4, -0.2) is 53.5 Å². The third kappa shape index (κ3) is 2.35. The van der Waals surface area contributed by atoms with Crippen molar-refractivity contribution in [2.45, 2.75) is 70.7 Å². The number of aliphatic hydroxyl groups excluding tert-OH is 2. The molecule has 2 N–H and O–H groups in total. The van der Waals surface area contributed by atoms with E-state index >= 15 is 0 Å². The molecule has 0 spiro atoms. The number of esters is 1. The largest absolute Gasteiger partial charge is 0.459 e. The van der Waals surface area contributed by atoms with Crippen molar-refractivity contribution in [3.05, 3.63) is 11.6 Å². The fourth-order valence-corrected chi connectivity index (χ4v) is 5.18. The van der Waals surface area contributed by atoms with Crippen LogP contribution in [-0.2, 0) is 19.0 Å². The van der Waals surface area contributed by atoms with Crippen LogP contribution in [0.25, 0.3) is 0 Å². The molecule has 1 aliphatic heterocycles. The smallest absolute Gasteiger partial charge is 0.303 e. The Balaban J connectivity index is 2.10. The van der Waals surface area contributed by atoms with Gasteiger partial charge in [0.2, 0.25) is 0 Å². The van der Waals surface area contributed by atoms with E-state index < -0.39 is 36.1 Å². The molecule has 3 aliphatic rings. The first-order valence-corrected chi connectivity index (χ1v) is 8.55. The van der Waals surface area contributed by atoms with Gasteiger partial charge in [-0.15, -0.1) is 0 Å². The van der Waals surface area contributed by atoms with Crippen molar-refractivity contribution >= 4 is 5.97 Å². The quantitative estimate of drug-likeness (QED) is 0.584. The molecule has 0 aromatic heterocycles. The average molecular weight is 340 g/mol. The predicted molar refractivity (Wildman–Crippen MR) is 85.9 cm³/mol. The second-order valence-corrected chi connectivity index (χ2v) is 8.08. The van der Waals surface area contributed by atoms with Crippen LogP contribution < -0.4 is 0 Å². The summed E-state index contributed by atoms with van der Waals surface area (Å²) in [6, 6.07) is 0. The third-order valence-corrected chi connectivity index (χ3v) is 6.19. The third-order valence-electron chi connectivity index (χ3n) is 6.19. The monoisotopic (exact) mass is 340 g/mol. The Morgan fingerprint density at radius 3 is 2.58 bits per heavy atom. The average Bonchev–Trinajstić information content (AvgIpc) is 2.73. The zero-order chi connectivity index (χ0) is 17.9. The number of hydrogen-bond acceptors (Lipinski definition) is 6. The fraction of sp³-hybridized carbons (Fsp3) is 0.833. The van der Waals surface area contributed by atoms with E-state index in [9.17, 15) is 15.0 Å². The molecule has 0 amide bonds. The summed E-state index contributed by atoms with van der Waals surface area (Å²) < 4.78 is 17.2. The number of carbonyl (C=O) groups excluding carboxylic acids is 1. The maximum absolute atomic E-state index is 11.7. The summed E-state index contributed by atoms with van der Waals surface area (Å²) in [5, 5.41) is 21.4. The SMILES string of the molecule is CO[C@H]1/C=C(/C)C[C@@H](OC(C)=O)[C@@]23O[C@H](O)[C@@H]([C@@H]1O)[C@@H]2CC3(C)C. The van der Waals surface area contributed by atoms with Gasteiger partial charge in [0.15, 0.2) is 6.29 Å². The van der Waals surface area contributed by atoms with Gasteiger partial charge in [0.25, 0.3) is 0 Å². The minimum atomic E-state index is -1.10. The van der Waals surface area contributed by atoms with Crippen LogP contribution in [0, 0.1) is 17.3 Å². The Morgan fingerprint density at radius 1 is 1.38 bits per heavy atom. The first kappa shape index (κ1) is 17.9. The van der Waals surface area contributed by atoms with Gasteiger partial charge < -0.3 is 24.4 Å². The number of rotatable bonds is 2. The lowest BCUT2D eigenvalue weighted by atomic mass is 9.47. The standard InChI is InChI=1S/C18H28O6/c1-9-6-12(22-5)15(20)14-11-8-17(3,4)18(11,24-16(14)21)13(7-9)23-10(2)19/h6,11-16,20-21H,7-8H2,1-5H3/b9-6-/t11-,12-,13+,14+,15+,16-,18-/m0/s1. The minimum absolute atomic E-state index is 0.0844. The molecule has 24 heavy (non-hydrogen) atoms. The summed E-state index contributed by atoms with van der Waals surface area (Å²) in [5.74, 6) is -0.921. The summed E-state index contributed by atoms with van der Waals surface area (Å²) in [6.07, 6.45) is 0.141. The molecule has 1 heterocycles. The Morgan fingerprint density at radius 2 is 2.04 bits per heavy atom. The van der Waals surface area contributed by atoms with Crippen molar-refractivity contribution in [2.24, 2.45) is 17.3 Å². The first-order valence-electron chi connectivity index (χ1n) is 8.55. The molecule has 2 aliphatic carbocycles. The van der Waals surface area contributed by atoms with Gasteiger partial charge in [0.05, 0.1) is 6.10 Å². The number of aliphatic hydroxyl groups is 2. The second-order valence-electron chi connectivity index (χ2n) is 8.08. The summed E-state index contributed by atoms with van der Waals surface area (Å²) in [7, 11) is 1.54. The van der Waals surface area contributed by atoms with Crippen LogP contribution in [0.4, 0.5) is 0 Å². The predicted octanol–water partition coefficient (Wildman–Crippen LogP) is 1.39. The van der Waals surface area contributed by atoms with Crippen LogP contribution >= 0.6 is 0 Å². The number of hydrogen-bond donors (Lipinski definition) is 2. The van der Waals surface area contributed by atoms with Crippen LogP contribution in [0.15, 0.2) is 11.6 Å². The molecule has 0 radical (unpaired) electrons. The van der Waals surface area contributed by atoms with E-state index in [1.165, 1.54) is 6.92 Å².